The van der Waals surface area contributed by atoms with Crippen molar-refractivity contribution in [1.29, 1.82) is 0 Å². The molecule has 0 bridgehead atoms. The summed E-state index contributed by atoms with van der Waals surface area (Å²) in [7, 11) is 1.57. The maximum Gasteiger partial charge on any atom is 0.335 e. The van der Waals surface area contributed by atoms with Gasteiger partial charge in [-0.1, -0.05) is 24.3 Å². The van der Waals surface area contributed by atoms with E-state index < -0.39 is 41.5 Å². The van der Waals surface area contributed by atoms with Gasteiger partial charge in [-0.05, 0) is 35.4 Å². The highest BCUT2D eigenvalue weighted by atomic mass is 35.5. The predicted molar refractivity (Wildman–Crippen MR) is 112 cm³/mol. The van der Waals surface area contributed by atoms with Gasteiger partial charge in [-0.3, -0.25) is 0 Å². The van der Waals surface area contributed by atoms with E-state index in [0.717, 1.165) is 11.1 Å². The molecule has 4 N–H and O–H groups in total. The maximum absolute atomic E-state index is 11.2. The first-order valence-electron chi connectivity index (χ1n) is 9.34. The van der Waals surface area contributed by atoms with Crippen LogP contribution in [0.25, 0.3) is 0 Å². The van der Waals surface area contributed by atoms with Crippen LogP contribution in [-0.2, 0) is 9.53 Å². The average Bonchev–Trinajstić information content (AvgIpc) is 2.75. The van der Waals surface area contributed by atoms with E-state index in [2.05, 4.69) is 0 Å². The Labute approximate surface area is 188 Å². The molecule has 0 aromatic heterocycles. The smallest absolute Gasteiger partial charge is 0.335 e. The number of alkyl halides is 2. The zero-order valence-electron chi connectivity index (χ0n) is 16.3. The number of rotatable bonds is 7. The Balaban J connectivity index is 1.77. The minimum absolute atomic E-state index is 0.245. The summed E-state index contributed by atoms with van der Waals surface area (Å²) < 4.78 is 15.8. The molecule has 1 fully saturated rings. The van der Waals surface area contributed by atoms with Gasteiger partial charge >= 0.3 is 5.97 Å². The lowest BCUT2D eigenvalue weighted by Crippen LogP contribution is -2.61. The van der Waals surface area contributed by atoms with Crippen LogP contribution in [0.3, 0.4) is 0 Å². The zero-order valence-corrected chi connectivity index (χ0v) is 17.8. The summed E-state index contributed by atoms with van der Waals surface area (Å²) in [5.74, 6) is -0.882. The molecule has 0 spiro atoms. The molecule has 0 radical (unpaired) electrons. The van der Waals surface area contributed by atoms with Crippen LogP contribution in [-0.4, -0.2) is 69.0 Å². The fourth-order valence-electron chi connectivity index (χ4n) is 3.33. The molecule has 0 saturated carbocycles. The Hall–Kier alpha value is -2.07. The molecule has 8 nitrogen and oxygen atoms in total. The van der Waals surface area contributed by atoms with E-state index in [1.165, 1.54) is 0 Å². The lowest BCUT2D eigenvalue weighted by molar-refractivity contribution is -0.271. The monoisotopic (exact) mass is 472 g/mol. The van der Waals surface area contributed by atoms with E-state index in [1.54, 1.807) is 43.5 Å². The van der Waals surface area contributed by atoms with Gasteiger partial charge in [0.15, 0.2) is 6.10 Å². The molecular weight excluding hydrogens is 451 g/mol. The number of carboxylic acids is 1. The highest BCUT2D eigenvalue weighted by Crippen LogP contribution is 2.35. The van der Waals surface area contributed by atoms with E-state index in [1.807, 2.05) is 12.1 Å². The van der Waals surface area contributed by atoms with Crippen molar-refractivity contribution in [2.45, 2.75) is 41.5 Å². The summed E-state index contributed by atoms with van der Waals surface area (Å²) in [6, 6.07) is 13.9. The average molecular weight is 473 g/mol. The molecule has 10 heteroatoms. The molecule has 0 aliphatic carbocycles. The van der Waals surface area contributed by atoms with Crippen LogP contribution >= 0.6 is 23.2 Å². The third-order valence-electron chi connectivity index (χ3n) is 5.03. The third kappa shape index (κ3) is 5.23. The number of halogens is 2. The van der Waals surface area contributed by atoms with Crippen LogP contribution in [0.1, 0.15) is 17.0 Å². The summed E-state index contributed by atoms with van der Waals surface area (Å²) in [5.41, 5.74) is 1.66. The predicted octanol–water partition coefficient (Wildman–Crippen LogP) is 1.90. The summed E-state index contributed by atoms with van der Waals surface area (Å²) in [6.07, 6.45) is -8.41. The Morgan fingerprint density at radius 2 is 1.42 bits per heavy atom. The number of carbonyl (C=O) groups is 1. The number of hydrogen-bond donors (Lipinski definition) is 4. The Kier molecular flexibility index (Phi) is 7.64. The highest BCUT2D eigenvalue weighted by Gasteiger charge is 2.48. The Morgan fingerprint density at radius 3 is 1.87 bits per heavy atom. The summed E-state index contributed by atoms with van der Waals surface area (Å²) in [6.45, 7) is 0. The molecular formula is C21H22Cl2O8. The van der Waals surface area contributed by atoms with Gasteiger partial charge in [-0.25, -0.2) is 4.79 Å². The van der Waals surface area contributed by atoms with Crippen LogP contribution in [0.5, 0.6) is 11.5 Å². The first-order valence-corrected chi connectivity index (χ1v) is 10.2. The zero-order chi connectivity index (χ0) is 22.7. The highest BCUT2D eigenvalue weighted by molar-refractivity contribution is 6.45. The first kappa shape index (κ1) is 23.6. The molecule has 1 heterocycles. The number of aliphatic carboxylic acids is 1. The van der Waals surface area contributed by atoms with Gasteiger partial charge < -0.3 is 34.6 Å². The molecule has 2 aromatic rings. The van der Waals surface area contributed by atoms with Gasteiger partial charge in [0.1, 0.15) is 34.6 Å². The van der Waals surface area contributed by atoms with E-state index in [-0.39, 0.29) is 11.7 Å². The van der Waals surface area contributed by atoms with Crippen molar-refractivity contribution in [1.82, 2.24) is 0 Å². The minimum Gasteiger partial charge on any atom is -0.497 e. The number of aliphatic hydroxyl groups excluding tert-OH is 3. The second kappa shape index (κ2) is 10.0. The van der Waals surface area contributed by atoms with E-state index in [0.29, 0.717) is 5.75 Å². The lowest BCUT2D eigenvalue weighted by atomic mass is 9.92. The molecule has 1 aliphatic rings. The van der Waals surface area contributed by atoms with Gasteiger partial charge in [0.25, 0.3) is 0 Å². The van der Waals surface area contributed by atoms with Crippen molar-refractivity contribution >= 4 is 29.2 Å². The third-order valence-corrected chi connectivity index (χ3v) is 5.54. The van der Waals surface area contributed by atoms with E-state index >= 15 is 0 Å². The fraction of sp³-hybridized carbons (Fsp3) is 0.381. The van der Waals surface area contributed by atoms with Crippen LogP contribution in [0.15, 0.2) is 48.5 Å². The van der Waals surface area contributed by atoms with E-state index in [4.69, 9.17) is 42.5 Å². The summed E-state index contributed by atoms with van der Waals surface area (Å²) >= 11 is 12.4. The van der Waals surface area contributed by atoms with E-state index in [9.17, 15) is 20.1 Å². The van der Waals surface area contributed by atoms with Crippen molar-refractivity contribution < 1.29 is 39.4 Å². The maximum atomic E-state index is 11.2. The van der Waals surface area contributed by atoms with Crippen LogP contribution in [0, 0.1) is 0 Å². The molecule has 6 atom stereocenters. The normalized spacial score (nSPS) is 27.0. The second-order valence-corrected chi connectivity index (χ2v) is 8.17. The lowest BCUT2D eigenvalue weighted by Gasteiger charge is -2.38. The number of benzene rings is 2. The van der Waals surface area contributed by atoms with Crippen molar-refractivity contribution in [2.24, 2.45) is 0 Å². The van der Waals surface area contributed by atoms with Crippen LogP contribution < -0.4 is 9.47 Å². The van der Waals surface area contributed by atoms with Gasteiger partial charge in [-0.15, -0.1) is 23.2 Å². The number of hydrogen-bond acceptors (Lipinski definition) is 7. The molecule has 168 valence electrons. The quantitative estimate of drug-likeness (QED) is 0.450. The standard InChI is InChI=1S/C21H22Cl2O8/c1-29-12-6-2-10(3-7-12)14(19(22)23)11-4-8-13(9-5-11)30-21-17(26)15(24)16(25)18(31-21)20(27)28/h2-9,14-19,21,24-26H,1H3,(H,27,28)/t14?,15-,16-,17+,18-,21+/m0/s1. The fourth-order valence-corrected chi connectivity index (χ4v) is 3.91. The van der Waals surface area contributed by atoms with Crippen molar-refractivity contribution in [2.75, 3.05) is 7.11 Å². The van der Waals surface area contributed by atoms with Crippen LogP contribution in [0.4, 0.5) is 0 Å². The van der Waals surface area contributed by atoms with Gasteiger partial charge in [-0.2, -0.15) is 0 Å². The number of carboxylic acid groups (broad SMARTS) is 1. The SMILES string of the molecule is COc1ccc(C(c2ccc(O[C@@H]3O[C@H](C(=O)O)[C@@H](O)[C@H](O)[C@H]3O)cc2)C(Cl)Cl)cc1. The topological polar surface area (TPSA) is 126 Å². The Bertz CT molecular complexity index is 874. The number of aliphatic hydroxyl groups is 3. The molecule has 1 saturated heterocycles. The number of ether oxygens (including phenoxy) is 3. The van der Waals surface area contributed by atoms with Gasteiger partial charge in [0.2, 0.25) is 6.29 Å². The molecule has 1 unspecified atom stereocenters. The first-order chi connectivity index (χ1) is 14.7. The molecule has 0 amide bonds. The summed E-state index contributed by atoms with van der Waals surface area (Å²) in [4.78, 5) is 10.5. The molecule has 2 aromatic carbocycles. The second-order valence-electron chi connectivity index (χ2n) is 7.01. The van der Waals surface area contributed by atoms with Crippen molar-refractivity contribution in [3.05, 3.63) is 59.7 Å². The summed E-state index contributed by atoms with van der Waals surface area (Å²) in [5, 5.41) is 38.8. The van der Waals surface area contributed by atoms with Gasteiger partial charge in [0, 0.05) is 5.92 Å². The number of methoxy groups -OCH3 is 1. The largest absolute Gasteiger partial charge is 0.497 e. The molecule has 1 aliphatic heterocycles. The van der Waals surface area contributed by atoms with Gasteiger partial charge in [0.05, 0.1) is 7.11 Å². The minimum atomic E-state index is -1.79. The van der Waals surface area contributed by atoms with Crippen LogP contribution in [0.2, 0.25) is 0 Å². The molecule has 3 rings (SSSR count). The van der Waals surface area contributed by atoms with Crippen molar-refractivity contribution in [3.8, 4) is 11.5 Å². The Morgan fingerprint density at radius 1 is 0.903 bits per heavy atom. The molecule has 31 heavy (non-hydrogen) atoms. The van der Waals surface area contributed by atoms with Crippen molar-refractivity contribution in [3.63, 3.8) is 0 Å².